The minimum atomic E-state index is -2.89. The van der Waals surface area contributed by atoms with Crippen molar-refractivity contribution in [3.63, 3.8) is 0 Å². The molecule has 13 heteroatoms. The molecule has 0 bridgehead atoms. The lowest BCUT2D eigenvalue weighted by atomic mass is 9.73. The second-order valence-corrected chi connectivity index (χ2v) is 21.1. The van der Waals surface area contributed by atoms with Crippen molar-refractivity contribution in [2.45, 2.75) is 95.5 Å². The van der Waals surface area contributed by atoms with Gasteiger partial charge in [0.05, 0.1) is 35.4 Å². The van der Waals surface area contributed by atoms with Gasteiger partial charge in [-0.1, -0.05) is 39.0 Å². The van der Waals surface area contributed by atoms with Gasteiger partial charge in [0, 0.05) is 47.3 Å². The second kappa shape index (κ2) is 11.8. The van der Waals surface area contributed by atoms with Crippen molar-refractivity contribution in [2.24, 2.45) is 5.92 Å². The number of rotatable bonds is 9. The van der Waals surface area contributed by atoms with Crippen molar-refractivity contribution < 1.29 is 22.9 Å². The number of hydrogen-bond donors (Lipinski definition) is 2. The molecule has 3 aromatic heterocycles. The molecule has 1 aliphatic rings. The van der Waals surface area contributed by atoms with Crippen LogP contribution in [0, 0.1) is 5.92 Å². The van der Waals surface area contributed by atoms with Gasteiger partial charge in [0.1, 0.15) is 4.75 Å². The topological polar surface area (TPSA) is 121 Å². The Morgan fingerprint density at radius 3 is 2.44 bits per heavy atom. The van der Waals surface area contributed by atoms with E-state index in [1.165, 1.54) is 0 Å². The molecule has 3 heterocycles. The maximum atomic E-state index is 14.0. The molecule has 45 heavy (non-hydrogen) atoms. The van der Waals surface area contributed by atoms with E-state index < -0.39 is 54.8 Å². The number of pyridine rings is 1. The highest BCUT2D eigenvalue weighted by Gasteiger charge is 2.58. The summed E-state index contributed by atoms with van der Waals surface area (Å²) in [6.45, 7) is 16.6. The molecule has 2 N–H and O–H groups in total. The lowest BCUT2D eigenvalue weighted by Crippen LogP contribution is -2.60. The minimum Gasteiger partial charge on any atom is -0.598 e. The van der Waals surface area contributed by atoms with Gasteiger partial charge in [0.25, 0.3) is 5.95 Å². The fourth-order valence-electron chi connectivity index (χ4n) is 4.78. The minimum absolute atomic E-state index is 0.0706. The van der Waals surface area contributed by atoms with Crippen molar-refractivity contribution in [1.29, 1.82) is 0 Å². The zero-order valence-corrected chi connectivity index (χ0v) is 28.9. The van der Waals surface area contributed by atoms with Crippen molar-refractivity contribution in [1.82, 2.24) is 29.5 Å². The Morgan fingerprint density at radius 2 is 1.80 bits per heavy atom. The summed E-state index contributed by atoms with van der Waals surface area (Å²) in [5.74, 6) is -3.36. The van der Waals surface area contributed by atoms with Crippen LogP contribution in [0.1, 0.15) is 65.8 Å². The highest BCUT2D eigenvalue weighted by Crippen LogP contribution is 2.50. The Balaban J connectivity index is 1.47. The Hall–Kier alpha value is -2.81. The summed E-state index contributed by atoms with van der Waals surface area (Å²) in [4.78, 5) is 13.9. The van der Waals surface area contributed by atoms with Gasteiger partial charge in [-0.25, -0.2) is 23.7 Å². The van der Waals surface area contributed by atoms with E-state index in [4.69, 9.17) is 14.4 Å². The second-order valence-electron chi connectivity index (χ2n) is 14.3. The first-order valence-electron chi connectivity index (χ1n) is 15.0. The molecule has 0 aliphatic heterocycles. The molecule has 1 fully saturated rings. The summed E-state index contributed by atoms with van der Waals surface area (Å²) in [6, 6.07) is 12.6. The van der Waals surface area contributed by atoms with Crippen LogP contribution >= 0.6 is 0 Å². The molecule has 1 aromatic carbocycles. The van der Waals surface area contributed by atoms with Gasteiger partial charge in [0.15, 0.2) is 8.32 Å². The van der Waals surface area contributed by atoms with E-state index in [-0.39, 0.29) is 10.7 Å². The largest absolute Gasteiger partial charge is 0.598 e. The third kappa shape index (κ3) is 6.98. The van der Waals surface area contributed by atoms with Crippen molar-refractivity contribution in [2.75, 3.05) is 0 Å². The van der Waals surface area contributed by atoms with Gasteiger partial charge in [-0.3, -0.25) is 0 Å². The van der Waals surface area contributed by atoms with E-state index in [9.17, 15) is 18.4 Å². The molecule has 1 aliphatic carbocycles. The molecule has 1 saturated carbocycles. The van der Waals surface area contributed by atoms with Crippen LogP contribution in [0.4, 0.5) is 8.78 Å². The summed E-state index contributed by atoms with van der Waals surface area (Å²) in [6.07, 6.45) is 2.35. The van der Waals surface area contributed by atoms with E-state index in [1.807, 2.05) is 24.3 Å². The number of nitrogens with one attached hydrogen (secondary N) is 1. The first kappa shape index (κ1) is 33.5. The molecule has 5 rings (SSSR count). The summed E-state index contributed by atoms with van der Waals surface area (Å²) in [7, 11) is -1.98. The van der Waals surface area contributed by atoms with Gasteiger partial charge >= 0.3 is 0 Å². The van der Waals surface area contributed by atoms with Crippen molar-refractivity contribution in [3.05, 3.63) is 66.2 Å². The molecule has 1 unspecified atom stereocenters. The number of halogens is 2. The van der Waals surface area contributed by atoms with Gasteiger partial charge in [-0.05, 0) is 63.2 Å². The van der Waals surface area contributed by atoms with Crippen LogP contribution in [0.5, 0.6) is 0 Å². The van der Waals surface area contributed by atoms with E-state index in [1.54, 1.807) is 56.0 Å². The predicted molar refractivity (Wildman–Crippen MR) is 174 cm³/mol. The predicted octanol–water partition coefficient (Wildman–Crippen LogP) is 6.64. The molecular formula is C32H42F2N6O3SSi. The average Bonchev–Trinajstić information content (AvgIpc) is 3.37. The summed E-state index contributed by atoms with van der Waals surface area (Å²) in [5, 5.41) is 17.3. The van der Waals surface area contributed by atoms with E-state index in [0.29, 0.717) is 23.8 Å². The molecule has 0 saturated heterocycles. The number of hydrogen-bond acceptors (Lipinski definition) is 8. The number of benzene rings is 1. The number of aliphatic hydroxyl groups is 1. The van der Waals surface area contributed by atoms with Crippen molar-refractivity contribution >= 4 is 30.6 Å². The van der Waals surface area contributed by atoms with Crippen LogP contribution in [0.3, 0.4) is 0 Å². The zero-order chi connectivity index (χ0) is 33.0. The highest BCUT2D eigenvalue weighted by atomic mass is 32.2. The lowest BCUT2D eigenvalue weighted by molar-refractivity contribution is -0.185. The number of alkyl halides is 2. The first-order valence-corrected chi connectivity index (χ1v) is 19.1. The number of nitrogens with zero attached hydrogens (tertiary/aromatic N) is 5. The Morgan fingerprint density at radius 1 is 1.09 bits per heavy atom. The molecule has 4 aromatic rings. The van der Waals surface area contributed by atoms with Crippen molar-refractivity contribution in [3.8, 4) is 17.2 Å². The van der Waals surface area contributed by atoms with E-state index in [0.717, 1.165) is 16.6 Å². The van der Waals surface area contributed by atoms with Gasteiger partial charge in [-0.15, -0.1) is 4.72 Å². The summed E-state index contributed by atoms with van der Waals surface area (Å²) < 4.78 is 51.0. The van der Waals surface area contributed by atoms with Gasteiger partial charge in [-0.2, -0.15) is 9.78 Å². The Bertz CT molecular complexity index is 1680. The fraction of sp³-hybridized carbons (Fsp3) is 0.500. The van der Waals surface area contributed by atoms with Gasteiger partial charge < -0.3 is 14.1 Å². The van der Waals surface area contributed by atoms with Crippen LogP contribution in [-0.4, -0.2) is 53.4 Å². The first-order chi connectivity index (χ1) is 20.8. The molecule has 0 amide bonds. The summed E-state index contributed by atoms with van der Waals surface area (Å²) in [5.41, 5.74) is 0.823. The monoisotopic (exact) mass is 656 g/mol. The third-order valence-corrected chi connectivity index (χ3v) is 14.9. The SMILES string of the molecule is CC(C)(C)[S@@+]([O-])NC(O)(c1cccc(-c2ccc3cnn(-c4nccc(CO[Si](C)(C)C(C)(C)C)n4)c3c2)n1)C1CC(F)(F)C1. The van der Waals surface area contributed by atoms with Crippen LogP contribution in [-0.2, 0) is 28.1 Å². The zero-order valence-electron chi connectivity index (χ0n) is 27.1. The highest BCUT2D eigenvalue weighted by molar-refractivity contribution is 7.90. The van der Waals surface area contributed by atoms with E-state index in [2.05, 4.69) is 48.7 Å². The van der Waals surface area contributed by atoms with E-state index >= 15 is 0 Å². The molecule has 0 spiro atoms. The van der Waals surface area contributed by atoms with Crippen LogP contribution in [0.2, 0.25) is 18.1 Å². The average molecular weight is 657 g/mol. The molecular weight excluding hydrogens is 615 g/mol. The quantitative estimate of drug-likeness (QED) is 0.117. The van der Waals surface area contributed by atoms with Crippen LogP contribution < -0.4 is 4.72 Å². The fourth-order valence-corrected chi connectivity index (χ4v) is 6.58. The van der Waals surface area contributed by atoms with Crippen LogP contribution in [0.25, 0.3) is 28.1 Å². The Labute approximate surface area is 267 Å². The number of aromatic nitrogens is 5. The standard InChI is InChI=1S/C32H42F2N6O3SSi/c1-29(2,3)44(42)39-32(41,23-17-31(33,34)18-23)27-11-9-10-25(38-27)21-12-13-22-19-36-40(26(22)16-21)28-35-15-14-24(37-28)20-43-45(7,8)30(4,5)6/h9-16,19,23,39,41H,17-18,20H2,1-8H3/t32?,44-/m1/s1. The third-order valence-electron chi connectivity index (χ3n) is 8.77. The van der Waals surface area contributed by atoms with Crippen LogP contribution in [0.15, 0.2) is 54.9 Å². The smallest absolute Gasteiger partial charge is 0.251 e. The normalized spacial score (nSPS) is 18.0. The Kier molecular flexibility index (Phi) is 8.77. The molecule has 9 nitrogen and oxygen atoms in total. The van der Waals surface area contributed by atoms with Gasteiger partial charge in [0.2, 0.25) is 11.6 Å². The molecule has 2 atom stereocenters. The molecule has 242 valence electrons. The molecule has 0 radical (unpaired) electrons. The maximum Gasteiger partial charge on any atom is 0.251 e. The summed E-state index contributed by atoms with van der Waals surface area (Å²) >= 11 is -1.74. The lowest BCUT2D eigenvalue weighted by Gasteiger charge is -2.45. The number of fused-ring (bicyclic) bond motifs is 1. The maximum absolute atomic E-state index is 14.0.